The van der Waals surface area contributed by atoms with E-state index in [-0.39, 0.29) is 35.4 Å². The molecular formula is C24H21F2N3O3S2. The molecule has 1 aliphatic heterocycles. The molecule has 0 spiro atoms. The van der Waals surface area contributed by atoms with Gasteiger partial charge in [-0.25, -0.2) is 22.2 Å². The summed E-state index contributed by atoms with van der Waals surface area (Å²) in [4.78, 5) is 18.5. The van der Waals surface area contributed by atoms with Crippen LogP contribution in [-0.2, 0) is 21.4 Å². The minimum Gasteiger partial charge on any atom is -0.311 e. The first-order valence-electron chi connectivity index (χ1n) is 10.7. The largest absolute Gasteiger partial charge is 0.311 e. The maximum Gasteiger partial charge on any atom is 0.258 e. The van der Waals surface area contributed by atoms with Crippen molar-refractivity contribution in [1.82, 2.24) is 9.29 Å². The molecule has 10 heteroatoms. The molecule has 1 amide bonds. The van der Waals surface area contributed by atoms with Gasteiger partial charge in [-0.1, -0.05) is 6.07 Å². The summed E-state index contributed by atoms with van der Waals surface area (Å²) in [5, 5.41) is 2.43. The molecule has 0 atom stereocenters. The number of aromatic nitrogens is 1. The third-order valence-corrected chi connectivity index (χ3v) is 8.56. The second-order valence-electron chi connectivity index (χ2n) is 8.45. The first kappa shape index (κ1) is 22.8. The maximum absolute atomic E-state index is 14.3. The van der Waals surface area contributed by atoms with Crippen LogP contribution in [0.5, 0.6) is 0 Å². The van der Waals surface area contributed by atoms with E-state index in [4.69, 9.17) is 0 Å². The lowest BCUT2D eigenvalue weighted by Gasteiger charge is -2.23. The number of likely N-dealkylation sites (N-methyl/N-ethyl adjacent to an activating group) is 1. The number of sulfonamides is 1. The molecule has 1 aliphatic carbocycles. The van der Waals surface area contributed by atoms with Gasteiger partial charge in [-0.3, -0.25) is 4.79 Å². The number of hydrogen-bond acceptors (Lipinski definition) is 5. The molecule has 5 rings (SSSR count). The third kappa shape index (κ3) is 4.28. The summed E-state index contributed by atoms with van der Waals surface area (Å²) in [6, 6.07) is 7.70. The van der Waals surface area contributed by atoms with Crippen LogP contribution in [0.2, 0.25) is 0 Å². The van der Waals surface area contributed by atoms with Gasteiger partial charge in [-0.05, 0) is 49.1 Å². The lowest BCUT2D eigenvalue weighted by Crippen LogP contribution is -2.33. The van der Waals surface area contributed by atoms with Crippen molar-refractivity contribution in [2.24, 2.45) is 5.92 Å². The molecule has 3 aromatic rings. The van der Waals surface area contributed by atoms with E-state index in [9.17, 15) is 22.0 Å². The van der Waals surface area contributed by atoms with Crippen LogP contribution in [0.1, 0.15) is 29.0 Å². The topological polar surface area (TPSA) is 70.6 Å². The van der Waals surface area contributed by atoms with Crippen molar-refractivity contribution in [3.05, 3.63) is 75.7 Å². The SMILES string of the molecule is CN1C(=O)/C(=C/c2nccs2)c2cc(S(=O)(=O)N(Cc3ccc(F)cc3F)CC3CC3)ccc21. The number of benzene rings is 2. The summed E-state index contributed by atoms with van der Waals surface area (Å²) >= 11 is 1.37. The fraction of sp³-hybridized carbons (Fsp3) is 0.250. The second kappa shape index (κ2) is 8.68. The number of halogens is 2. The van der Waals surface area contributed by atoms with Gasteiger partial charge in [0.2, 0.25) is 10.0 Å². The first-order chi connectivity index (χ1) is 16.2. The number of carbonyl (C=O) groups is 1. The molecule has 2 aliphatic rings. The van der Waals surface area contributed by atoms with Gasteiger partial charge in [0.05, 0.1) is 16.2 Å². The summed E-state index contributed by atoms with van der Waals surface area (Å²) in [5.74, 6) is -1.54. The highest BCUT2D eigenvalue weighted by molar-refractivity contribution is 7.89. The van der Waals surface area contributed by atoms with E-state index in [1.165, 1.54) is 38.7 Å². The number of fused-ring (bicyclic) bond motifs is 1. The minimum atomic E-state index is -4.02. The zero-order valence-electron chi connectivity index (χ0n) is 18.2. The molecule has 6 nitrogen and oxygen atoms in total. The Kier molecular flexibility index (Phi) is 5.83. The first-order valence-corrected chi connectivity index (χ1v) is 13.0. The van der Waals surface area contributed by atoms with Crippen molar-refractivity contribution in [3.8, 4) is 0 Å². The van der Waals surface area contributed by atoms with Gasteiger partial charge in [-0.15, -0.1) is 11.3 Å². The number of anilines is 1. The van der Waals surface area contributed by atoms with Crippen LogP contribution in [-0.4, -0.2) is 37.2 Å². The van der Waals surface area contributed by atoms with E-state index in [0.29, 0.717) is 21.8 Å². The van der Waals surface area contributed by atoms with Crippen LogP contribution in [0.25, 0.3) is 11.6 Å². The Morgan fingerprint density at radius 3 is 2.68 bits per heavy atom. The number of rotatable bonds is 7. The van der Waals surface area contributed by atoms with Crippen LogP contribution < -0.4 is 4.90 Å². The average molecular weight is 502 g/mol. The Morgan fingerprint density at radius 2 is 2.00 bits per heavy atom. The van der Waals surface area contributed by atoms with Gasteiger partial charge in [0.1, 0.15) is 16.6 Å². The zero-order valence-corrected chi connectivity index (χ0v) is 19.9. The summed E-state index contributed by atoms with van der Waals surface area (Å²) < 4.78 is 56.3. The van der Waals surface area contributed by atoms with Crippen molar-refractivity contribution in [2.75, 3.05) is 18.5 Å². The Bertz CT molecular complexity index is 1400. The second-order valence-corrected chi connectivity index (χ2v) is 11.3. The van der Waals surface area contributed by atoms with Gasteiger partial charge in [0.25, 0.3) is 5.91 Å². The molecule has 176 valence electrons. The van der Waals surface area contributed by atoms with E-state index in [2.05, 4.69) is 4.98 Å². The van der Waals surface area contributed by atoms with Crippen molar-refractivity contribution < 1.29 is 22.0 Å². The van der Waals surface area contributed by atoms with Crippen molar-refractivity contribution >= 4 is 44.6 Å². The Labute approximate surface area is 200 Å². The molecule has 0 unspecified atom stereocenters. The Hall–Kier alpha value is -2.95. The lowest BCUT2D eigenvalue weighted by atomic mass is 10.1. The number of thiazole rings is 1. The molecule has 2 aromatic carbocycles. The number of nitrogens with zero attached hydrogens (tertiary/aromatic N) is 3. The van der Waals surface area contributed by atoms with Crippen molar-refractivity contribution in [3.63, 3.8) is 0 Å². The van der Waals surface area contributed by atoms with Gasteiger partial charge in [0, 0.05) is 48.9 Å². The molecule has 34 heavy (non-hydrogen) atoms. The van der Waals surface area contributed by atoms with Crippen molar-refractivity contribution in [1.29, 1.82) is 0 Å². The van der Waals surface area contributed by atoms with E-state index in [1.807, 2.05) is 0 Å². The predicted octanol–water partition coefficient (Wildman–Crippen LogP) is 4.54. The molecule has 1 saturated carbocycles. The fourth-order valence-electron chi connectivity index (χ4n) is 3.98. The van der Waals surface area contributed by atoms with Crippen LogP contribution in [0, 0.1) is 17.6 Å². The molecule has 0 radical (unpaired) electrons. The van der Waals surface area contributed by atoms with Gasteiger partial charge in [-0.2, -0.15) is 4.31 Å². The average Bonchev–Trinajstić information content (AvgIpc) is 3.42. The number of amides is 1. The summed E-state index contributed by atoms with van der Waals surface area (Å²) in [7, 11) is -2.39. The van der Waals surface area contributed by atoms with E-state index < -0.39 is 21.7 Å². The number of hydrogen-bond donors (Lipinski definition) is 0. The zero-order chi connectivity index (χ0) is 24.0. The van der Waals surface area contributed by atoms with Gasteiger partial charge >= 0.3 is 0 Å². The molecule has 0 N–H and O–H groups in total. The third-order valence-electron chi connectivity index (χ3n) is 6.03. The van der Waals surface area contributed by atoms with Gasteiger partial charge in [0.15, 0.2) is 0 Å². The minimum absolute atomic E-state index is 0.0163. The highest BCUT2D eigenvalue weighted by atomic mass is 32.2. The standard InChI is InChI=1S/C24H21F2N3O3S2/c1-28-22-7-6-18(11-19(22)20(24(28)30)12-23-27-8-9-33-23)34(31,32)29(13-15-2-3-15)14-16-4-5-17(25)10-21(16)26/h4-12,15H,2-3,13-14H2,1H3/b20-12+. The van der Waals surface area contributed by atoms with Gasteiger partial charge < -0.3 is 4.90 Å². The molecule has 0 bridgehead atoms. The summed E-state index contributed by atoms with van der Waals surface area (Å²) in [6.45, 7) is 0.0412. The van der Waals surface area contributed by atoms with Crippen LogP contribution >= 0.6 is 11.3 Å². The van der Waals surface area contributed by atoms with Crippen LogP contribution in [0.15, 0.2) is 52.9 Å². The monoisotopic (exact) mass is 501 g/mol. The smallest absolute Gasteiger partial charge is 0.258 e. The molecule has 2 heterocycles. The summed E-state index contributed by atoms with van der Waals surface area (Å²) in [5.41, 5.74) is 1.57. The fourth-order valence-corrected chi connectivity index (χ4v) is 6.07. The maximum atomic E-state index is 14.3. The van der Waals surface area contributed by atoms with E-state index in [0.717, 1.165) is 25.0 Å². The van der Waals surface area contributed by atoms with E-state index in [1.54, 1.807) is 30.8 Å². The molecule has 0 saturated heterocycles. The normalized spacial score (nSPS) is 17.1. The highest BCUT2D eigenvalue weighted by Crippen LogP contribution is 2.39. The molecular weight excluding hydrogens is 480 g/mol. The van der Waals surface area contributed by atoms with Crippen molar-refractivity contribution in [2.45, 2.75) is 24.3 Å². The molecule has 1 fully saturated rings. The Balaban J connectivity index is 1.54. The van der Waals surface area contributed by atoms with Crippen LogP contribution in [0.4, 0.5) is 14.5 Å². The predicted molar refractivity (Wildman–Crippen MR) is 127 cm³/mol. The highest BCUT2D eigenvalue weighted by Gasteiger charge is 2.35. The summed E-state index contributed by atoms with van der Waals surface area (Å²) in [6.07, 6.45) is 5.10. The van der Waals surface area contributed by atoms with E-state index >= 15 is 0 Å². The lowest BCUT2D eigenvalue weighted by molar-refractivity contribution is -0.112. The Morgan fingerprint density at radius 1 is 1.21 bits per heavy atom. The van der Waals surface area contributed by atoms with Crippen LogP contribution in [0.3, 0.4) is 0 Å². The quantitative estimate of drug-likeness (QED) is 0.446. The number of carbonyl (C=O) groups excluding carboxylic acids is 1. The molecule has 1 aromatic heterocycles.